The van der Waals surface area contributed by atoms with Crippen LogP contribution in [0.25, 0.3) is 6.08 Å². The molecule has 0 unspecified atom stereocenters. The number of hydrogen-bond donors (Lipinski definition) is 1. The van der Waals surface area contributed by atoms with E-state index in [-0.39, 0.29) is 5.91 Å². The van der Waals surface area contributed by atoms with E-state index in [1.165, 1.54) is 6.08 Å². The molecule has 2 aromatic carbocycles. The average Bonchev–Trinajstić information content (AvgIpc) is 3.06. The SMILES string of the molecule is O=C(C=Cc1cccc(Br)c1)Nc1cccc(Cn2ccnc2)c1. The maximum Gasteiger partial charge on any atom is 0.248 e. The lowest BCUT2D eigenvalue weighted by molar-refractivity contribution is -0.111. The highest BCUT2D eigenvalue weighted by Gasteiger charge is 2.01. The molecular formula is C19H16BrN3O. The van der Waals surface area contributed by atoms with E-state index in [9.17, 15) is 4.79 Å². The van der Waals surface area contributed by atoms with Crippen molar-refractivity contribution in [3.63, 3.8) is 0 Å². The molecule has 0 spiro atoms. The summed E-state index contributed by atoms with van der Waals surface area (Å²) in [7, 11) is 0. The van der Waals surface area contributed by atoms with Crippen LogP contribution in [0, 0.1) is 0 Å². The summed E-state index contributed by atoms with van der Waals surface area (Å²) in [6, 6.07) is 15.6. The number of anilines is 1. The van der Waals surface area contributed by atoms with Crippen LogP contribution in [0.3, 0.4) is 0 Å². The minimum atomic E-state index is -0.158. The van der Waals surface area contributed by atoms with Crippen LogP contribution in [0.5, 0.6) is 0 Å². The Morgan fingerprint density at radius 2 is 2.08 bits per heavy atom. The van der Waals surface area contributed by atoms with Crippen LogP contribution in [0.2, 0.25) is 0 Å². The Kier molecular flexibility index (Phi) is 5.23. The van der Waals surface area contributed by atoms with Gasteiger partial charge >= 0.3 is 0 Å². The van der Waals surface area contributed by atoms with Gasteiger partial charge in [0.2, 0.25) is 5.91 Å². The maximum absolute atomic E-state index is 12.1. The van der Waals surface area contributed by atoms with Gasteiger partial charge in [-0.3, -0.25) is 4.79 Å². The largest absolute Gasteiger partial charge is 0.333 e. The van der Waals surface area contributed by atoms with Gasteiger partial charge in [0.05, 0.1) is 6.33 Å². The molecule has 1 N–H and O–H groups in total. The molecule has 0 fully saturated rings. The van der Waals surface area contributed by atoms with Gasteiger partial charge in [-0.25, -0.2) is 4.98 Å². The number of aromatic nitrogens is 2. The summed E-state index contributed by atoms with van der Waals surface area (Å²) in [6.45, 7) is 0.720. The van der Waals surface area contributed by atoms with Crippen molar-refractivity contribution in [2.24, 2.45) is 0 Å². The number of nitrogens with zero attached hydrogens (tertiary/aromatic N) is 2. The zero-order chi connectivity index (χ0) is 16.8. The lowest BCUT2D eigenvalue weighted by Gasteiger charge is -2.06. The fraction of sp³-hybridized carbons (Fsp3) is 0.0526. The average molecular weight is 382 g/mol. The normalized spacial score (nSPS) is 10.9. The summed E-state index contributed by atoms with van der Waals surface area (Å²) in [5, 5.41) is 2.88. The Bertz CT molecular complexity index is 857. The third-order valence-corrected chi connectivity index (χ3v) is 3.89. The molecule has 0 radical (unpaired) electrons. The van der Waals surface area contributed by atoms with Crippen LogP contribution in [0.1, 0.15) is 11.1 Å². The van der Waals surface area contributed by atoms with Gasteiger partial charge in [0.1, 0.15) is 0 Å². The van der Waals surface area contributed by atoms with Gasteiger partial charge in [-0.05, 0) is 41.5 Å². The zero-order valence-corrected chi connectivity index (χ0v) is 14.5. The molecule has 0 saturated heterocycles. The zero-order valence-electron chi connectivity index (χ0n) is 12.9. The van der Waals surface area contributed by atoms with Crippen LogP contribution in [-0.4, -0.2) is 15.5 Å². The van der Waals surface area contributed by atoms with Crippen LogP contribution in [-0.2, 0) is 11.3 Å². The Morgan fingerprint density at radius 3 is 2.88 bits per heavy atom. The third-order valence-electron chi connectivity index (χ3n) is 3.39. The molecule has 3 aromatic rings. The van der Waals surface area contributed by atoms with Gasteiger partial charge in [-0.15, -0.1) is 0 Å². The summed E-state index contributed by atoms with van der Waals surface area (Å²) in [5.74, 6) is -0.158. The number of hydrogen-bond acceptors (Lipinski definition) is 2. The summed E-state index contributed by atoms with van der Waals surface area (Å²) in [4.78, 5) is 16.1. The van der Waals surface area contributed by atoms with E-state index >= 15 is 0 Å². The molecule has 120 valence electrons. The number of benzene rings is 2. The van der Waals surface area contributed by atoms with Crippen LogP contribution >= 0.6 is 15.9 Å². The van der Waals surface area contributed by atoms with E-state index in [0.717, 1.165) is 27.8 Å². The van der Waals surface area contributed by atoms with E-state index in [4.69, 9.17) is 0 Å². The Balaban J connectivity index is 1.64. The number of halogens is 1. The first-order chi connectivity index (χ1) is 11.7. The lowest BCUT2D eigenvalue weighted by atomic mass is 10.2. The van der Waals surface area contributed by atoms with Crippen LogP contribution in [0.4, 0.5) is 5.69 Å². The van der Waals surface area contributed by atoms with Gasteiger partial charge in [-0.2, -0.15) is 0 Å². The summed E-state index contributed by atoms with van der Waals surface area (Å²) in [6.07, 6.45) is 8.75. The first-order valence-corrected chi connectivity index (χ1v) is 8.28. The molecule has 1 aromatic heterocycles. The topological polar surface area (TPSA) is 46.9 Å². The monoisotopic (exact) mass is 381 g/mol. The minimum absolute atomic E-state index is 0.158. The van der Waals surface area contributed by atoms with Gasteiger partial charge < -0.3 is 9.88 Å². The van der Waals surface area contributed by atoms with Crippen molar-refractivity contribution in [2.75, 3.05) is 5.32 Å². The molecule has 1 amide bonds. The Morgan fingerprint density at radius 1 is 1.21 bits per heavy atom. The van der Waals surface area contributed by atoms with Gasteiger partial charge in [0.25, 0.3) is 0 Å². The second kappa shape index (κ2) is 7.75. The highest BCUT2D eigenvalue weighted by Crippen LogP contribution is 2.14. The second-order valence-corrected chi connectivity index (χ2v) is 6.23. The van der Waals surface area contributed by atoms with Crippen molar-refractivity contribution in [1.29, 1.82) is 0 Å². The minimum Gasteiger partial charge on any atom is -0.333 e. The Labute approximate surface area is 149 Å². The molecule has 3 rings (SSSR count). The first kappa shape index (κ1) is 16.2. The van der Waals surface area contributed by atoms with Gasteiger partial charge in [-0.1, -0.05) is 40.2 Å². The van der Waals surface area contributed by atoms with E-state index in [2.05, 4.69) is 26.2 Å². The standard InChI is InChI=1S/C19H16BrN3O/c20-17-5-1-3-15(11-17)7-8-19(24)22-18-6-2-4-16(12-18)13-23-10-9-21-14-23/h1-12,14H,13H2,(H,22,24). The number of carbonyl (C=O) groups excluding carboxylic acids is 1. The maximum atomic E-state index is 12.1. The fourth-order valence-electron chi connectivity index (χ4n) is 2.30. The smallest absolute Gasteiger partial charge is 0.248 e. The molecule has 0 atom stereocenters. The molecule has 4 nitrogen and oxygen atoms in total. The summed E-state index contributed by atoms with van der Waals surface area (Å²) in [5.41, 5.74) is 2.84. The molecule has 1 heterocycles. The number of carbonyl (C=O) groups is 1. The summed E-state index contributed by atoms with van der Waals surface area (Å²) < 4.78 is 2.96. The fourth-order valence-corrected chi connectivity index (χ4v) is 2.72. The molecule has 24 heavy (non-hydrogen) atoms. The number of amides is 1. The quantitative estimate of drug-likeness (QED) is 0.667. The summed E-state index contributed by atoms with van der Waals surface area (Å²) >= 11 is 3.41. The van der Waals surface area contributed by atoms with Crippen molar-refractivity contribution in [3.8, 4) is 0 Å². The predicted octanol–water partition coefficient (Wildman–Crippen LogP) is 4.35. The Hall–Kier alpha value is -2.66. The van der Waals surface area contributed by atoms with E-state index in [1.807, 2.05) is 59.3 Å². The van der Waals surface area contributed by atoms with E-state index < -0.39 is 0 Å². The van der Waals surface area contributed by atoms with Gasteiger partial charge in [0.15, 0.2) is 0 Å². The molecular weight excluding hydrogens is 366 g/mol. The van der Waals surface area contributed by atoms with Crippen molar-refractivity contribution in [3.05, 3.63) is 88.9 Å². The number of nitrogens with one attached hydrogen (secondary N) is 1. The number of rotatable bonds is 5. The van der Waals surface area contributed by atoms with Crippen molar-refractivity contribution in [2.45, 2.75) is 6.54 Å². The predicted molar refractivity (Wildman–Crippen MR) is 99.6 cm³/mol. The first-order valence-electron chi connectivity index (χ1n) is 7.48. The van der Waals surface area contributed by atoms with Crippen LogP contribution in [0.15, 0.2) is 77.8 Å². The number of imidazole rings is 1. The van der Waals surface area contributed by atoms with Crippen LogP contribution < -0.4 is 5.32 Å². The molecule has 0 aliphatic carbocycles. The van der Waals surface area contributed by atoms with Crippen molar-refractivity contribution in [1.82, 2.24) is 9.55 Å². The molecule has 0 bridgehead atoms. The van der Waals surface area contributed by atoms with Gasteiger partial charge in [0, 0.05) is 35.2 Å². The highest BCUT2D eigenvalue weighted by atomic mass is 79.9. The molecule has 0 aliphatic rings. The molecule has 0 aliphatic heterocycles. The second-order valence-electron chi connectivity index (χ2n) is 5.31. The third kappa shape index (κ3) is 4.67. The van der Waals surface area contributed by atoms with Crippen molar-refractivity contribution >= 4 is 33.6 Å². The molecule has 5 heteroatoms. The van der Waals surface area contributed by atoms with E-state index in [1.54, 1.807) is 18.6 Å². The lowest BCUT2D eigenvalue weighted by Crippen LogP contribution is -2.08. The van der Waals surface area contributed by atoms with Crippen molar-refractivity contribution < 1.29 is 4.79 Å². The molecule has 0 saturated carbocycles. The highest BCUT2D eigenvalue weighted by molar-refractivity contribution is 9.10. The van der Waals surface area contributed by atoms with E-state index in [0.29, 0.717) is 0 Å².